The predicted molar refractivity (Wildman–Crippen MR) is 389 cm³/mol. The summed E-state index contributed by atoms with van der Waals surface area (Å²) in [6.45, 7) is 2.03. The van der Waals surface area contributed by atoms with E-state index < -0.39 is 91.5 Å². The summed E-state index contributed by atoms with van der Waals surface area (Å²) in [7, 11) is -9.86. The normalized spacial score (nSPS) is 15.5. The lowest BCUT2D eigenvalue weighted by Gasteiger charge is -2.21. The van der Waals surface area contributed by atoms with Crippen LogP contribution in [0.3, 0.4) is 0 Å². The lowest BCUT2D eigenvalue weighted by atomic mass is 10.2. The van der Waals surface area contributed by atoms with Gasteiger partial charge in [0.05, 0.1) is 26.4 Å². The van der Waals surface area contributed by atoms with Gasteiger partial charge in [0, 0.05) is 19.3 Å². The number of aliphatic hydroxyl groups is 2. The van der Waals surface area contributed by atoms with Crippen LogP contribution in [0, 0.1) is 0 Å². The van der Waals surface area contributed by atoms with Gasteiger partial charge in [-0.15, -0.1) is 0 Å². The smallest absolute Gasteiger partial charge is 0.463 e. The van der Waals surface area contributed by atoms with Crippen LogP contribution in [0.4, 0.5) is 0 Å². The molecule has 5 atom stereocenters. The first-order chi connectivity index (χ1) is 46.2. The van der Waals surface area contributed by atoms with Gasteiger partial charge in [-0.05, 0) is 148 Å². The minimum absolute atomic E-state index is 0.0174. The first-order valence-electron chi connectivity index (χ1n) is 34.0. The third kappa shape index (κ3) is 69.0. The number of phosphoric ester groups is 2. The van der Waals surface area contributed by atoms with Crippen LogP contribution < -0.4 is 0 Å². The molecule has 0 aromatic carbocycles. The van der Waals surface area contributed by atoms with Crippen molar-refractivity contribution in [3.05, 3.63) is 219 Å². The maximum Gasteiger partial charge on any atom is 0.472 e. The van der Waals surface area contributed by atoms with Crippen LogP contribution in [-0.2, 0) is 55.8 Å². The Morgan fingerprint density at radius 3 is 0.853 bits per heavy atom. The van der Waals surface area contributed by atoms with Crippen molar-refractivity contribution in [1.82, 2.24) is 0 Å². The lowest BCUT2D eigenvalue weighted by Crippen LogP contribution is -2.29. The second kappa shape index (κ2) is 67.8. The van der Waals surface area contributed by atoms with Crippen molar-refractivity contribution in [3.8, 4) is 0 Å². The summed E-state index contributed by atoms with van der Waals surface area (Å²) in [5.74, 6) is -1.84. The van der Waals surface area contributed by atoms with E-state index in [-0.39, 0.29) is 19.3 Å². The molecule has 0 bridgehead atoms. The van der Waals surface area contributed by atoms with Crippen LogP contribution in [0.1, 0.15) is 188 Å². The van der Waals surface area contributed by atoms with Gasteiger partial charge in [-0.3, -0.25) is 32.5 Å². The Balaban J connectivity index is 4.93. The van der Waals surface area contributed by atoms with E-state index in [1.807, 2.05) is 36.5 Å². The van der Waals surface area contributed by atoms with Crippen LogP contribution >= 0.6 is 15.6 Å². The zero-order valence-corrected chi connectivity index (χ0v) is 59.0. The Labute approximate surface area is 571 Å². The monoisotopic (exact) mass is 1360 g/mol. The average Bonchev–Trinajstić information content (AvgIpc) is 1.70. The average molecular weight is 1360 g/mol. The van der Waals surface area contributed by atoms with E-state index in [0.717, 1.165) is 116 Å². The Bertz CT molecular complexity index is 2610. The van der Waals surface area contributed by atoms with Crippen molar-refractivity contribution < 1.29 is 75.8 Å². The minimum atomic E-state index is -4.98. The topological polar surface area (TPSA) is 231 Å². The van der Waals surface area contributed by atoms with Crippen LogP contribution in [-0.4, -0.2) is 95.9 Å². The van der Waals surface area contributed by atoms with Crippen molar-refractivity contribution in [1.29, 1.82) is 0 Å². The summed E-state index contributed by atoms with van der Waals surface area (Å²) in [5, 5.41) is 20.5. The summed E-state index contributed by atoms with van der Waals surface area (Å²) < 4.78 is 60.7. The van der Waals surface area contributed by atoms with Crippen LogP contribution in [0.5, 0.6) is 0 Å². The zero-order valence-electron chi connectivity index (χ0n) is 57.2. The highest BCUT2D eigenvalue weighted by Crippen LogP contribution is 2.45. The quantitative estimate of drug-likeness (QED) is 0.0146. The fourth-order valence-electron chi connectivity index (χ4n) is 7.62. The van der Waals surface area contributed by atoms with Gasteiger partial charge >= 0.3 is 33.6 Å². The van der Waals surface area contributed by atoms with Gasteiger partial charge in [-0.25, -0.2) is 9.13 Å². The van der Waals surface area contributed by atoms with Gasteiger partial charge in [-0.1, -0.05) is 240 Å². The van der Waals surface area contributed by atoms with Crippen molar-refractivity contribution in [2.75, 3.05) is 39.6 Å². The number of ether oxygens (including phenoxy) is 3. The summed E-state index contributed by atoms with van der Waals surface area (Å²) in [6, 6.07) is 0. The molecule has 0 saturated heterocycles. The minimum Gasteiger partial charge on any atom is -0.463 e. The molecule has 0 aliphatic rings. The third-order valence-corrected chi connectivity index (χ3v) is 14.6. The van der Waals surface area contributed by atoms with E-state index in [1.54, 1.807) is 0 Å². The van der Waals surface area contributed by atoms with E-state index in [4.69, 9.17) is 32.3 Å². The van der Waals surface area contributed by atoms with Gasteiger partial charge in [0.15, 0.2) is 6.10 Å². The van der Waals surface area contributed by atoms with E-state index in [9.17, 15) is 43.5 Å². The number of rotatable bonds is 61. The molecule has 0 amide bonds. The fraction of sp³-hybridized carbons (Fsp3) is 0.494. The molecule has 0 saturated carbocycles. The Hall–Kier alpha value is -6.13. The Morgan fingerprint density at radius 2 is 0.537 bits per heavy atom. The highest BCUT2D eigenvalue weighted by molar-refractivity contribution is 7.47. The maximum absolute atomic E-state index is 12.9. The second-order valence-electron chi connectivity index (χ2n) is 21.5. The molecule has 0 heterocycles. The molecule has 16 nitrogen and oxygen atoms in total. The number of hydrogen-bond donors (Lipinski definition) is 4. The summed E-state index contributed by atoms with van der Waals surface area (Å²) in [6.07, 6.45) is 90.3. The summed E-state index contributed by atoms with van der Waals surface area (Å²) in [4.78, 5) is 58.3. The molecule has 0 spiro atoms. The number of carbonyl (C=O) groups excluding carboxylic acids is 3. The molecule has 0 aromatic heterocycles. The van der Waals surface area contributed by atoms with Gasteiger partial charge in [0.1, 0.15) is 25.4 Å². The highest BCUT2D eigenvalue weighted by Gasteiger charge is 2.29. The number of allylic oxidation sites excluding steroid dienone is 36. The van der Waals surface area contributed by atoms with Crippen molar-refractivity contribution >= 4 is 33.6 Å². The molecular formula is C77H116O16P2. The van der Waals surface area contributed by atoms with Gasteiger partial charge in [-0.2, -0.15) is 0 Å². The van der Waals surface area contributed by atoms with E-state index in [2.05, 4.69) is 203 Å². The predicted octanol–water partition coefficient (Wildman–Crippen LogP) is 19.2. The molecule has 0 aliphatic heterocycles. The van der Waals surface area contributed by atoms with Gasteiger partial charge in [0.25, 0.3) is 0 Å². The lowest BCUT2D eigenvalue weighted by molar-refractivity contribution is -0.161. The molecule has 95 heavy (non-hydrogen) atoms. The first kappa shape index (κ1) is 88.9. The molecular weight excluding hydrogens is 1240 g/mol. The molecule has 5 unspecified atom stereocenters. The van der Waals surface area contributed by atoms with Crippen molar-refractivity contribution in [2.45, 2.75) is 206 Å². The number of phosphoric acid groups is 2. The first-order valence-corrected chi connectivity index (χ1v) is 37.0. The molecule has 0 fully saturated rings. The SMILES string of the molecule is CC/C=C\C/C=C\C/C=C\C/C=C\C/C=C\C/C=C\CCCCC(=O)OCC(O)COP(=O)(O)OCC(O)COP(=O)(O)OCC(COC(=O)CC/C=C\C/C=C\C/C=C\C/C=C\C/C=C\C/C=C\CC)OC(=O)CC/C=C\C/C=C\C/C=C\C/C=C\C/C=C\C/C=C\CC. The van der Waals surface area contributed by atoms with Gasteiger partial charge < -0.3 is 34.2 Å². The van der Waals surface area contributed by atoms with Crippen molar-refractivity contribution in [2.24, 2.45) is 0 Å². The van der Waals surface area contributed by atoms with E-state index >= 15 is 0 Å². The number of carbonyl (C=O) groups is 3. The summed E-state index contributed by atoms with van der Waals surface area (Å²) in [5.41, 5.74) is 0. The van der Waals surface area contributed by atoms with E-state index in [1.165, 1.54) is 0 Å². The Kier molecular flexibility index (Phi) is 63.5. The third-order valence-electron chi connectivity index (χ3n) is 12.7. The molecule has 18 heteroatoms. The zero-order chi connectivity index (χ0) is 69.5. The second-order valence-corrected chi connectivity index (χ2v) is 24.4. The number of aliphatic hydroxyl groups excluding tert-OH is 2. The molecule has 530 valence electrons. The summed E-state index contributed by atoms with van der Waals surface area (Å²) >= 11 is 0. The standard InChI is InChI=1S/C77H116O16P2/c1-4-7-10-13-16-19-22-25-28-31-34-35-38-40-42-45-48-51-54-57-60-63-75(80)87-66-72(78)67-89-94(83,84)90-68-73(79)69-91-95(85,86)92-71-74(93-77(82)65-62-59-56-53-50-47-44-41-37-33-30-27-24-21-18-15-12-9-6-3)70-88-76(81)64-61-58-55-52-49-46-43-39-36-32-29-26-23-20-17-14-11-8-5-2/h7-12,16-21,25-30,34-37,39-42,46-51,55-56,58-59,72-74,78-79H,4-6,13-15,22-24,31-33,38,43-45,52-54,57,60-71H2,1-3H3,(H,83,84)(H,85,86)/b10-7-,11-8-,12-9-,19-16-,20-17-,21-18-,28-25-,29-26-,30-27-,35-34-,39-36-,41-37-,42-40-,49-46-,50-47-,51-48-,58-55-,59-56-. The largest absolute Gasteiger partial charge is 0.472 e. The van der Waals surface area contributed by atoms with Crippen LogP contribution in [0.15, 0.2) is 219 Å². The number of unbranched alkanes of at least 4 members (excludes halogenated alkanes) is 2. The highest BCUT2D eigenvalue weighted by atomic mass is 31.2. The van der Waals surface area contributed by atoms with Crippen molar-refractivity contribution in [3.63, 3.8) is 0 Å². The molecule has 4 N–H and O–H groups in total. The van der Waals surface area contributed by atoms with Gasteiger partial charge in [0.2, 0.25) is 0 Å². The molecule has 0 radical (unpaired) electrons. The molecule has 0 aliphatic carbocycles. The number of esters is 3. The van der Waals surface area contributed by atoms with Crippen LogP contribution in [0.2, 0.25) is 0 Å². The molecule has 0 rings (SSSR count). The Morgan fingerprint density at radius 1 is 0.295 bits per heavy atom. The molecule has 0 aromatic rings. The van der Waals surface area contributed by atoms with Crippen LogP contribution in [0.25, 0.3) is 0 Å². The maximum atomic E-state index is 12.9. The van der Waals surface area contributed by atoms with E-state index in [0.29, 0.717) is 32.1 Å². The number of hydrogen-bond acceptors (Lipinski definition) is 14. The fourth-order valence-corrected chi connectivity index (χ4v) is 9.21.